The fraction of sp³-hybridized carbons (Fsp3) is 0.211. The minimum Gasteiger partial charge on any atom is -0.460 e. The van der Waals surface area contributed by atoms with Crippen molar-refractivity contribution in [2.75, 3.05) is 11.9 Å². The Morgan fingerprint density at radius 3 is 2.54 bits per heavy atom. The molecule has 1 aromatic heterocycles. The average molecular weight is 321 g/mol. The first kappa shape index (κ1) is 15.9. The lowest BCUT2D eigenvalue weighted by molar-refractivity contribution is 0.0512. The van der Waals surface area contributed by atoms with E-state index in [2.05, 4.69) is 22.2 Å². The number of carbonyl (C=O) groups excluding carboxylic acids is 1. The molecule has 1 atom stereocenters. The van der Waals surface area contributed by atoms with Crippen LogP contribution in [0, 0.1) is 0 Å². The molecule has 5 nitrogen and oxygen atoms in total. The van der Waals surface area contributed by atoms with Crippen molar-refractivity contribution in [1.29, 1.82) is 0 Å². The summed E-state index contributed by atoms with van der Waals surface area (Å²) in [7, 11) is 0. The zero-order chi connectivity index (χ0) is 16.9. The van der Waals surface area contributed by atoms with Crippen molar-refractivity contribution < 1.29 is 9.53 Å². The monoisotopic (exact) mass is 321 g/mol. The minimum absolute atomic E-state index is 0.0413. The third kappa shape index (κ3) is 3.35. The molecule has 0 amide bonds. The summed E-state index contributed by atoms with van der Waals surface area (Å²) in [5, 5.41) is 4.25. The Morgan fingerprint density at radius 1 is 1.08 bits per heavy atom. The van der Waals surface area contributed by atoms with E-state index in [4.69, 9.17) is 4.74 Å². The molecule has 3 aromatic rings. The summed E-state index contributed by atoms with van der Waals surface area (Å²) < 4.78 is 5.03. The Hall–Kier alpha value is -2.95. The molecule has 0 unspecified atom stereocenters. The van der Waals surface area contributed by atoms with Crippen LogP contribution >= 0.6 is 0 Å². The summed E-state index contributed by atoms with van der Waals surface area (Å²) in [5.41, 5.74) is 1.84. The lowest BCUT2D eigenvalue weighted by Crippen LogP contribution is -2.14. The first-order valence-corrected chi connectivity index (χ1v) is 7.94. The molecule has 122 valence electrons. The number of fused-ring (bicyclic) bond motifs is 1. The maximum atomic E-state index is 12.0. The van der Waals surface area contributed by atoms with Crippen LogP contribution in [0.2, 0.25) is 0 Å². The van der Waals surface area contributed by atoms with E-state index in [9.17, 15) is 4.79 Å². The lowest BCUT2D eigenvalue weighted by atomic mass is 10.1. The summed E-state index contributed by atoms with van der Waals surface area (Å²) in [5.74, 6) is 0.178. The average Bonchev–Trinajstić information content (AvgIpc) is 2.62. The third-order valence-corrected chi connectivity index (χ3v) is 3.71. The number of anilines is 1. The topological polar surface area (TPSA) is 64.1 Å². The molecule has 1 heterocycles. The van der Waals surface area contributed by atoms with Crippen molar-refractivity contribution in [3.8, 4) is 0 Å². The lowest BCUT2D eigenvalue weighted by Gasteiger charge is -2.17. The van der Waals surface area contributed by atoms with Crippen LogP contribution in [0.25, 0.3) is 10.9 Å². The van der Waals surface area contributed by atoms with Crippen LogP contribution < -0.4 is 5.32 Å². The Bertz CT molecular complexity index is 850. The third-order valence-electron chi connectivity index (χ3n) is 3.71. The number of hydrogen-bond acceptors (Lipinski definition) is 5. The largest absolute Gasteiger partial charge is 0.460 e. The fourth-order valence-electron chi connectivity index (χ4n) is 2.50. The molecule has 0 spiro atoms. The van der Waals surface area contributed by atoms with Crippen LogP contribution in [-0.2, 0) is 4.74 Å². The van der Waals surface area contributed by atoms with Crippen LogP contribution in [0.5, 0.6) is 0 Å². The van der Waals surface area contributed by atoms with Gasteiger partial charge in [-0.3, -0.25) is 0 Å². The van der Waals surface area contributed by atoms with E-state index in [0.717, 1.165) is 10.9 Å². The highest BCUT2D eigenvalue weighted by atomic mass is 16.5. The van der Waals surface area contributed by atoms with Gasteiger partial charge >= 0.3 is 5.97 Å². The zero-order valence-corrected chi connectivity index (χ0v) is 13.7. The first-order chi connectivity index (χ1) is 11.7. The second-order valence-corrected chi connectivity index (χ2v) is 5.41. The predicted octanol–water partition coefficient (Wildman–Crippen LogP) is 3.98. The molecule has 0 aliphatic heterocycles. The molecule has 0 bridgehead atoms. The summed E-state index contributed by atoms with van der Waals surface area (Å²) >= 11 is 0. The van der Waals surface area contributed by atoms with Crippen molar-refractivity contribution in [2.24, 2.45) is 0 Å². The fourth-order valence-corrected chi connectivity index (χ4v) is 2.50. The maximum Gasteiger partial charge on any atom is 0.376 e. The molecule has 0 radical (unpaired) electrons. The molecule has 5 heteroatoms. The second kappa shape index (κ2) is 7.08. The SMILES string of the molecule is CCOC(=O)c1nc(N[C@@H](C)c2ccccc2)c2ccccc2n1. The van der Waals surface area contributed by atoms with Gasteiger partial charge in [0.1, 0.15) is 5.82 Å². The van der Waals surface area contributed by atoms with Gasteiger partial charge in [0.15, 0.2) is 0 Å². The summed E-state index contributed by atoms with van der Waals surface area (Å²) in [4.78, 5) is 20.7. The number of benzene rings is 2. The molecule has 0 saturated carbocycles. The zero-order valence-electron chi connectivity index (χ0n) is 13.7. The van der Waals surface area contributed by atoms with Gasteiger partial charge in [0.05, 0.1) is 12.1 Å². The Balaban J connectivity index is 2.00. The van der Waals surface area contributed by atoms with Gasteiger partial charge in [-0.1, -0.05) is 42.5 Å². The smallest absolute Gasteiger partial charge is 0.376 e. The number of rotatable bonds is 5. The van der Waals surface area contributed by atoms with Crippen LogP contribution in [0.4, 0.5) is 5.82 Å². The van der Waals surface area contributed by atoms with Crippen molar-refractivity contribution in [3.63, 3.8) is 0 Å². The van der Waals surface area contributed by atoms with Gasteiger partial charge in [-0.15, -0.1) is 0 Å². The minimum atomic E-state index is -0.515. The van der Waals surface area contributed by atoms with E-state index in [-0.39, 0.29) is 18.5 Å². The van der Waals surface area contributed by atoms with Gasteiger partial charge in [0.2, 0.25) is 5.82 Å². The highest BCUT2D eigenvalue weighted by Gasteiger charge is 2.16. The normalized spacial score (nSPS) is 11.9. The van der Waals surface area contributed by atoms with Crippen molar-refractivity contribution in [3.05, 3.63) is 66.0 Å². The van der Waals surface area contributed by atoms with E-state index >= 15 is 0 Å². The van der Waals surface area contributed by atoms with E-state index in [0.29, 0.717) is 11.3 Å². The van der Waals surface area contributed by atoms with E-state index in [1.807, 2.05) is 54.6 Å². The van der Waals surface area contributed by atoms with Gasteiger partial charge < -0.3 is 10.1 Å². The summed E-state index contributed by atoms with van der Waals surface area (Å²) in [6, 6.07) is 17.7. The Kier molecular flexibility index (Phi) is 4.70. The van der Waals surface area contributed by atoms with Crippen molar-refractivity contribution in [1.82, 2.24) is 9.97 Å². The standard InChI is InChI=1S/C19H19N3O2/c1-3-24-19(23)18-21-16-12-8-7-11-15(16)17(22-18)20-13(2)14-9-5-4-6-10-14/h4-13H,3H2,1-2H3,(H,20,21,22)/t13-/m0/s1. The maximum absolute atomic E-state index is 12.0. The molecule has 2 aromatic carbocycles. The van der Waals surface area contributed by atoms with Crippen LogP contribution in [0.15, 0.2) is 54.6 Å². The number of aromatic nitrogens is 2. The summed E-state index contributed by atoms with van der Waals surface area (Å²) in [6.45, 7) is 4.10. The molecule has 1 N–H and O–H groups in total. The van der Waals surface area contributed by atoms with Gasteiger partial charge in [0.25, 0.3) is 0 Å². The van der Waals surface area contributed by atoms with Crippen molar-refractivity contribution in [2.45, 2.75) is 19.9 Å². The van der Waals surface area contributed by atoms with Crippen LogP contribution in [0.3, 0.4) is 0 Å². The Morgan fingerprint density at radius 2 is 1.79 bits per heavy atom. The first-order valence-electron chi connectivity index (χ1n) is 7.94. The highest BCUT2D eigenvalue weighted by molar-refractivity contribution is 5.94. The van der Waals surface area contributed by atoms with Crippen LogP contribution in [-0.4, -0.2) is 22.5 Å². The highest BCUT2D eigenvalue weighted by Crippen LogP contribution is 2.24. The van der Waals surface area contributed by atoms with Gasteiger partial charge in [-0.05, 0) is 31.5 Å². The number of nitrogens with one attached hydrogen (secondary N) is 1. The number of ether oxygens (including phenoxy) is 1. The van der Waals surface area contributed by atoms with Crippen LogP contribution in [0.1, 0.15) is 36.1 Å². The molecule has 0 aliphatic rings. The molecule has 0 aliphatic carbocycles. The number of hydrogen-bond donors (Lipinski definition) is 1. The van der Waals surface area contributed by atoms with E-state index in [1.165, 1.54) is 0 Å². The number of esters is 1. The molecule has 0 saturated heterocycles. The number of carbonyl (C=O) groups is 1. The second-order valence-electron chi connectivity index (χ2n) is 5.41. The van der Waals surface area contributed by atoms with E-state index in [1.54, 1.807) is 6.92 Å². The van der Waals surface area contributed by atoms with Crippen molar-refractivity contribution >= 4 is 22.7 Å². The molecule has 0 fully saturated rings. The quantitative estimate of drug-likeness (QED) is 0.720. The van der Waals surface area contributed by atoms with Gasteiger partial charge in [0, 0.05) is 11.4 Å². The van der Waals surface area contributed by atoms with Gasteiger partial charge in [-0.25, -0.2) is 14.8 Å². The summed E-state index contributed by atoms with van der Waals surface area (Å²) in [6.07, 6.45) is 0. The molecular formula is C19H19N3O2. The number of nitrogens with zero attached hydrogens (tertiary/aromatic N) is 2. The molecular weight excluding hydrogens is 302 g/mol. The van der Waals surface area contributed by atoms with E-state index < -0.39 is 5.97 Å². The van der Waals surface area contributed by atoms with Gasteiger partial charge in [-0.2, -0.15) is 0 Å². The molecule has 3 rings (SSSR count). The Labute approximate surface area is 140 Å². The predicted molar refractivity (Wildman–Crippen MR) is 94.0 cm³/mol. The number of para-hydroxylation sites is 1. The molecule has 24 heavy (non-hydrogen) atoms.